The van der Waals surface area contributed by atoms with Crippen LogP contribution in [-0.2, 0) is 32.5 Å². The zero-order valence-corrected chi connectivity index (χ0v) is 23.4. The first-order chi connectivity index (χ1) is 17.1. The van der Waals surface area contributed by atoms with E-state index in [0.29, 0.717) is 33.1 Å². The lowest BCUT2D eigenvalue weighted by Crippen LogP contribution is -2.33. The maximum absolute atomic E-state index is 13.5. The predicted molar refractivity (Wildman–Crippen MR) is 138 cm³/mol. The average Bonchev–Trinajstić information content (AvgIpc) is 3.25. The summed E-state index contributed by atoms with van der Waals surface area (Å²) in [6.45, 7) is 2.01. The summed E-state index contributed by atoms with van der Waals surface area (Å²) in [7, 11) is -2.39. The molecule has 4 rings (SSSR count). The van der Waals surface area contributed by atoms with Crippen LogP contribution in [0.15, 0.2) is 46.0 Å². The smallest absolute Gasteiger partial charge is 0.327 e. The number of pyridine rings is 1. The van der Waals surface area contributed by atoms with E-state index in [1.54, 1.807) is 36.0 Å². The second-order valence-corrected chi connectivity index (χ2v) is 11.8. The lowest BCUT2D eigenvalue weighted by Gasteiger charge is -2.30. The van der Waals surface area contributed by atoms with E-state index < -0.39 is 16.1 Å². The first-order valence-corrected chi connectivity index (χ1v) is 14.1. The van der Waals surface area contributed by atoms with Gasteiger partial charge in [-0.2, -0.15) is 9.40 Å². The Balaban J connectivity index is 1.57. The summed E-state index contributed by atoms with van der Waals surface area (Å²) in [5.74, 6) is 0.0458. The van der Waals surface area contributed by atoms with Gasteiger partial charge in [0.15, 0.2) is 0 Å². The Labute approximate surface area is 227 Å². The highest BCUT2D eigenvalue weighted by atomic mass is 79.9. The van der Waals surface area contributed by atoms with Gasteiger partial charge in [-0.3, -0.25) is 9.48 Å². The standard InChI is InChI=1S/C23H23BrCl2N4O5S/c1-3-34-22(31)13-30-20-6-4-5-19(16(20)12-28-30)29(2)36(32,33)15-10-17(24)23(27-11-15)35-21-9-14(25)7-8-18(21)26/h7-12,19H,3-6,13H2,1-2H3/t19-/m1/s1. The maximum atomic E-state index is 13.5. The molecule has 9 nitrogen and oxygen atoms in total. The van der Waals surface area contributed by atoms with Crippen molar-refractivity contribution in [2.24, 2.45) is 0 Å². The van der Waals surface area contributed by atoms with Gasteiger partial charge in [-0.25, -0.2) is 13.4 Å². The maximum Gasteiger partial charge on any atom is 0.327 e. The lowest BCUT2D eigenvalue weighted by molar-refractivity contribution is -0.144. The SMILES string of the molecule is CCOC(=O)Cn1ncc2c1CCC[C@H]2N(C)S(=O)(=O)c1cnc(Oc2cc(Cl)ccc2Cl)c(Br)c1. The van der Waals surface area contributed by atoms with E-state index in [-0.39, 0.29) is 29.9 Å². The number of halogens is 3. The number of carbonyl (C=O) groups is 1. The number of hydrogen-bond acceptors (Lipinski definition) is 7. The van der Waals surface area contributed by atoms with Gasteiger partial charge >= 0.3 is 5.97 Å². The molecule has 0 fully saturated rings. The van der Waals surface area contributed by atoms with E-state index in [0.717, 1.165) is 17.7 Å². The van der Waals surface area contributed by atoms with E-state index in [9.17, 15) is 13.2 Å². The second kappa shape index (κ2) is 11.1. The van der Waals surface area contributed by atoms with Crippen molar-refractivity contribution >= 4 is 55.1 Å². The van der Waals surface area contributed by atoms with Crippen molar-refractivity contribution < 1.29 is 22.7 Å². The molecule has 0 amide bonds. The minimum Gasteiger partial charge on any atom is -0.465 e. The van der Waals surface area contributed by atoms with Gasteiger partial charge in [-0.1, -0.05) is 23.2 Å². The van der Waals surface area contributed by atoms with Crippen LogP contribution in [0.25, 0.3) is 0 Å². The van der Waals surface area contributed by atoms with Crippen LogP contribution in [0.1, 0.15) is 37.1 Å². The van der Waals surface area contributed by atoms with Gasteiger partial charge in [0.05, 0.1) is 34.5 Å². The summed E-state index contributed by atoms with van der Waals surface area (Å²) < 4.78 is 41.0. The average molecular weight is 618 g/mol. The summed E-state index contributed by atoms with van der Waals surface area (Å²) in [6.07, 6.45) is 4.94. The zero-order chi connectivity index (χ0) is 26.0. The normalized spacial score (nSPS) is 15.6. The number of nitrogens with zero attached hydrogens (tertiary/aromatic N) is 4. The number of benzene rings is 1. The molecule has 0 bridgehead atoms. The van der Waals surface area contributed by atoms with Crippen LogP contribution in [0.3, 0.4) is 0 Å². The fourth-order valence-electron chi connectivity index (χ4n) is 4.06. The number of aromatic nitrogens is 3. The molecule has 36 heavy (non-hydrogen) atoms. The highest BCUT2D eigenvalue weighted by Crippen LogP contribution is 2.38. The Morgan fingerprint density at radius 3 is 2.78 bits per heavy atom. The van der Waals surface area contributed by atoms with E-state index in [4.69, 9.17) is 32.7 Å². The number of fused-ring (bicyclic) bond motifs is 1. The van der Waals surface area contributed by atoms with Crippen LogP contribution >= 0.6 is 39.1 Å². The summed E-state index contributed by atoms with van der Waals surface area (Å²) in [6, 6.07) is 5.75. The molecule has 0 unspecified atom stereocenters. The number of sulfonamides is 1. The first-order valence-electron chi connectivity index (χ1n) is 11.1. The molecular formula is C23H23BrCl2N4O5S. The number of carbonyl (C=O) groups excluding carboxylic acids is 1. The molecule has 1 aliphatic rings. The quantitative estimate of drug-likeness (QED) is 0.312. The molecule has 2 heterocycles. The predicted octanol–water partition coefficient (Wildman–Crippen LogP) is 5.40. The van der Waals surface area contributed by atoms with Gasteiger partial charge in [0.25, 0.3) is 0 Å². The third-order valence-electron chi connectivity index (χ3n) is 5.81. The summed E-state index contributed by atoms with van der Waals surface area (Å²) >= 11 is 15.5. The van der Waals surface area contributed by atoms with Gasteiger partial charge in [-0.15, -0.1) is 0 Å². The lowest BCUT2D eigenvalue weighted by atomic mass is 9.93. The van der Waals surface area contributed by atoms with Crippen molar-refractivity contribution in [1.82, 2.24) is 19.1 Å². The van der Waals surface area contributed by atoms with Gasteiger partial charge < -0.3 is 9.47 Å². The highest BCUT2D eigenvalue weighted by molar-refractivity contribution is 9.10. The molecule has 0 aliphatic heterocycles. The molecule has 1 atom stereocenters. The van der Waals surface area contributed by atoms with Crippen molar-refractivity contribution in [2.45, 2.75) is 43.7 Å². The molecule has 0 N–H and O–H groups in total. The molecule has 1 aliphatic carbocycles. The van der Waals surface area contributed by atoms with Crippen molar-refractivity contribution in [3.63, 3.8) is 0 Å². The number of ether oxygens (including phenoxy) is 2. The molecule has 3 aromatic rings. The molecule has 0 spiro atoms. The Hall–Kier alpha value is -2.18. The topological polar surface area (TPSA) is 104 Å². The number of esters is 1. The molecule has 0 radical (unpaired) electrons. The highest BCUT2D eigenvalue weighted by Gasteiger charge is 2.35. The molecule has 0 saturated carbocycles. The van der Waals surface area contributed by atoms with Crippen molar-refractivity contribution in [1.29, 1.82) is 0 Å². The van der Waals surface area contributed by atoms with Crippen molar-refractivity contribution in [2.75, 3.05) is 13.7 Å². The van der Waals surface area contributed by atoms with E-state index in [1.165, 1.54) is 23.6 Å². The summed E-state index contributed by atoms with van der Waals surface area (Å²) in [5, 5.41) is 5.09. The number of hydrogen-bond donors (Lipinski definition) is 0. The van der Waals surface area contributed by atoms with Crippen LogP contribution in [0.2, 0.25) is 10.0 Å². The monoisotopic (exact) mass is 616 g/mol. The fourth-order valence-corrected chi connectivity index (χ4v) is 6.29. The largest absolute Gasteiger partial charge is 0.465 e. The van der Waals surface area contributed by atoms with Gasteiger partial charge in [-0.05, 0) is 60.3 Å². The van der Waals surface area contributed by atoms with Crippen LogP contribution in [0.5, 0.6) is 11.6 Å². The Kier molecular flexibility index (Phi) is 8.25. The van der Waals surface area contributed by atoms with Crippen molar-refractivity contribution in [3.05, 3.63) is 62.4 Å². The summed E-state index contributed by atoms with van der Waals surface area (Å²) in [4.78, 5) is 16.1. The van der Waals surface area contributed by atoms with E-state index >= 15 is 0 Å². The van der Waals surface area contributed by atoms with Gasteiger partial charge in [0.1, 0.15) is 17.2 Å². The van der Waals surface area contributed by atoms with Gasteiger partial charge in [0, 0.05) is 29.4 Å². The first kappa shape index (κ1) is 26.9. The molecule has 13 heteroatoms. The fraction of sp³-hybridized carbons (Fsp3) is 0.348. The Morgan fingerprint density at radius 1 is 1.28 bits per heavy atom. The van der Waals surface area contributed by atoms with Crippen LogP contribution < -0.4 is 4.74 Å². The van der Waals surface area contributed by atoms with E-state index in [2.05, 4.69) is 26.0 Å². The van der Waals surface area contributed by atoms with Gasteiger partial charge in [0.2, 0.25) is 15.9 Å². The molecule has 0 saturated heterocycles. The Morgan fingerprint density at radius 2 is 2.06 bits per heavy atom. The minimum absolute atomic E-state index is 0.00699. The van der Waals surface area contributed by atoms with Crippen LogP contribution in [0, 0.1) is 0 Å². The molecule has 1 aromatic carbocycles. The van der Waals surface area contributed by atoms with Crippen LogP contribution in [0.4, 0.5) is 0 Å². The van der Waals surface area contributed by atoms with Crippen LogP contribution in [-0.4, -0.2) is 47.1 Å². The molecule has 192 valence electrons. The van der Waals surface area contributed by atoms with Crippen molar-refractivity contribution in [3.8, 4) is 11.6 Å². The third kappa shape index (κ3) is 5.55. The minimum atomic E-state index is -3.92. The molecule has 2 aromatic heterocycles. The Bertz CT molecular complexity index is 1400. The summed E-state index contributed by atoms with van der Waals surface area (Å²) in [5.41, 5.74) is 1.61. The second-order valence-electron chi connectivity index (χ2n) is 8.07. The molecular weight excluding hydrogens is 595 g/mol. The number of rotatable bonds is 8. The van der Waals surface area contributed by atoms with E-state index in [1.807, 2.05) is 0 Å². The third-order valence-corrected chi connectivity index (χ3v) is 8.76. The zero-order valence-electron chi connectivity index (χ0n) is 19.4.